The Balaban J connectivity index is 1.58. The summed E-state index contributed by atoms with van der Waals surface area (Å²) in [5.74, 6) is -0.732. The fourth-order valence-electron chi connectivity index (χ4n) is 3.09. The van der Waals surface area contributed by atoms with Crippen LogP contribution in [-0.4, -0.2) is 20.4 Å². The van der Waals surface area contributed by atoms with E-state index >= 15 is 0 Å². The van der Waals surface area contributed by atoms with Crippen LogP contribution in [0.4, 0.5) is 10.1 Å². The molecule has 0 saturated carbocycles. The molecule has 0 aliphatic heterocycles. The minimum atomic E-state index is -0.871. The average Bonchev–Trinajstić information content (AvgIpc) is 3.13. The van der Waals surface area contributed by atoms with Crippen LogP contribution in [-0.2, 0) is 4.79 Å². The maximum atomic E-state index is 14.5. The number of carbonyl (C=O) groups excluding carboxylic acids is 1. The molecule has 0 radical (unpaired) electrons. The Kier molecular flexibility index (Phi) is 5.09. The van der Waals surface area contributed by atoms with Crippen LogP contribution in [0.2, 0.25) is 5.02 Å². The molecule has 4 aromatic rings. The van der Waals surface area contributed by atoms with Crippen molar-refractivity contribution in [3.05, 3.63) is 76.0 Å². The van der Waals surface area contributed by atoms with Crippen LogP contribution >= 0.6 is 11.6 Å². The molecule has 152 valence electrons. The van der Waals surface area contributed by atoms with Gasteiger partial charge in [-0.25, -0.2) is 14.4 Å². The number of aryl methyl sites for hydroxylation is 1. The first-order valence-electron chi connectivity index (χ1n) is 9.02. The number of rotatable bonds is 4. The number of hydrogen-bond acceptors (Lipinski definition) is 5. The first kappa shape index (κ1) is 19.8. The first-order chi connectivity index (χ1) is 14.3. The summed E-state index contributed by atoms with van der Waals surface area (Å²) >= 11 is 5.93. The Morgan fingerprint density at radius 1 is 1.23 bits per heavy atom. The van der Waals surface area contributed by atoms with Crippen LogP contribution in [0.5, 0.6) is 0 Å². The van der Waals surface area contributed by atoms with Crippen LogP contribution in [0.3, 0.4) is 0 Å². The summed E-state index contributed by atoms with van der Waals surface area (Å²) in [6, 6.07) is 8.09. The fraction of sp³-hybridized carbons (Fsp3) is 0.143. The summed E-state index contributed by atoms with van der Waals surface area (Å²) in [6.45, 7) is 3.27. The highest BCUT2D eigenvalue weighted by atomic mass is 35.5. The predicted octanol–water partition coefficient (Wildman–Crippen LogP) is 4.35. The third kappa shape index (κ3) is 3.57. The van der Waals surface area contributed by atoms with E-state index in [0.29, 0.717) is 27.4 Å². The number of fused-ring (bicyclic) bond motifs is 1. The summed E-state index contributed by atoms with van der Waals surface area (Å²) in [5.41, 5.74) is 1.12. The zero-order valence-electron chi connectivity index (χ0n) is 16.0. The molecule has 30 heavy (non-hydrogen) atoms. The normalized spacial score (nSPS) is 12.1. The molecular formula is C21H16ClFN4O3. The Labute approximate surface area is 175 Å². The molecule has 2 aromatic carbocycles. The number of nitrogens with zero attached hydrogens (tertiary/aromatic N) is 3. The summed E-state index contributed by atoms with van der Waals surface area (Å²) < 4.78 is 21.0. The molecule has 2 heterocycles. The van der Waals surface area contributed by atoms with Gasteiger partial charge >= 0.3 is 0 Å². The highest BCUT2D eigenvalue weighted by molar-refractivity contribution is 6.31. The Morgan fingerprint density at radius 3 is 2.73 bits per heavy atom. The van der Waals surface area contributed by atoms with E-state index in [0.717, 1.165) is 0 Å². The topological polar surface area (TPSA) is 90.0 Å². The smallest absolute Gasteiger partial charge is 0.261 e. The van der Waals surface area contributed by atoms with Gasteiger partial charge in [0.25, 0.3) is 5.56 Å². The van der Waals surface area contributed by atoms with Gasteiger partial charge in [-0.3, -0.25) is 14.2 Å². The van der Waals surface area contributed by atoms with Crippen LogP contribution in [0, 0.1) is 12.7 Å². The van der Waals surface area contributed by atoms with Gasteiger partial charge in [-0.05, 0) is 50.2 Å². The van der Waals surface area contributed by atoms with E-state index in [1.807, 2.05) is 0 Å². The molecule has 9 heteroatoms. The first-order valence-corrected chi connectivity index (χ1v) is 9.40. The van der Waals surface area contributed by atoms with Gasteiger partial charge in [0.1, 0.15) is 11.9 Å². The number of hydrogen-bond donors (Lipinski definition) is 1. The van der Waals surface area contributed by atoms with Gasteiger partial charge in [0, 0.05) is 10.7 Å². The molecule has 1 atom stereocenters. The van der Waals surface area contributed by atoms with Gasteiger partial charge in [0.2, 0.25) is 5.91 Å². The van der Waals surface area contributed by atoms with Crippen LogP contribution < -0.4 is 10.9 Å². The molecule has 0 bridgehead atoms. The van der Waals surface area contributed by atoms with E-state index in [4.69, 9.17) is 16.0 Å². The van der Waals surface area contributed by atoms with Crippen molar-refractivity contribution in [3.63, 3.8) is 0 Å². The number of benzene rings is 2. The number of aromatic nitrogens is 3. The molecule has 0 aliphatic carbocycles. The van der Waals surface area contributed by atoms with Gasteiger partial charge in [-0.15, -0.1) is 0 Å². The minimum Gasteiger partial charge on any atom is -0.443 e. The largest absolute Gasteiger partial charge is 0.443 e. The van der Waals surface area contributed by atoms with Crippen LogP contribution in [0.15, 0.2) is 58.3 Å². The summed E-state index contributed by atoms with van der Waals surface area (Å²) in [6.07, 6.45) is 2.53. The van der Waals surface area contributed by atoms with Gasteiger partial charge in [-0.2, -0.15) is 0 Å². The van der Waals surface area contributed by atoms with E-state index in [1.165, 1.54) is 29.4 Å². The lowest BCUT2D eigenvalue weighted by Gasteiger charge is -2.15. The van der Waals surface area contributed by atoms with E-state index in [9.17, 15) is 14.0 Å². The summed E-state index contributed by atoms with van der Waals surface area (Å²) in [5, 5.41) is 3.43. The molecule has 7 nitrogen and oxygen atoms in total. The quantitative estimate of drug-likeness (QED) is 0.524. The lowest BCUT2D eigenvalue weighted by Crippen LogP contribution is -2.31. The second-order valence-corrected chi connectivity index (χ2v) is 7.18. The van der Waals surface area contributed by atoms with Gasteiger partial charge in [-0.1, -0.05) is 11.6 Å². The number of halogens is 2. The maximum Gasteiger partial charge on any atom is 0.261 e. The average molecular weight is 427 g/mol. The van der Waals surface area contributed by atoms with Gasteiger partial charge in [0.15, 0.2) is 12.2 Å². The molecule has 0 spiro atoms. The van der Waals surface area contributed by atoms with E-state index in [1.54, 1.807) is 38.1 Å². The second kappa shape index (κ2) is 7.72. The summed E-state index contributed by atoms with van der Waals surface area (Å²) in [7, 11) is 0. The van der Waals surface area contributed by atoms with Crippen molar-refractivity contribution in [2.24, 2.45) is 0 Å². The molecule has 0 saturated heterocycles. The lowest BCUT2D eigenvalue weighted by molar-refractivity contribution is -0.118. The van der Waals surface area contributed by atoms with E-state index in [-0.39, 0.29) is 16.8 Å². The molecule has 1 N–H and O–H groups in total. The van der Waals surface area contributed by atoms with Crippen molar-refractivity contribution >= 4 is 34.1 Å². The number of nitrogens with one attached hydrogen (secondary N) is 1. The van der Waals surface area contributed by atoms with Gasteiger partial charge < -0.3 is 9.73 Å². The zero-order chi connectivity index (χ0) is 21.4. The molecule has 1 amide bonds. The van der Waals surface area contributed by atoms with Crippen LogP contribution in [0.1, 0.15) is 18.7 Å². The zero-order valence-corrected chi connectivity index (χ0v) is 16.8. The number of carbonyl (C=O) groups is 1. The fourth-order valence-corrected chi connectivity index (χ4v) is 3.26. The standard InChI is InChI=1S/C21H16ClFN4O3/c1-11-19(30-10-25-11)15-6-4-14(8-17(15)23)26-20(28)12(2)27-9-24-18-7-13(22)3-5-16(18)21(27)29/h3-10,12H,1-2H3,(H,26,28)/t12-/m1/s1. The summed E-state index contributed by atoms with van der Waals surface area (Å²) in [4.78, 5) is 33.5. The molecular weight excluding hydrogens is 411 g/mol. The molecule has 4 rings (SSSR count). The molecule has 2 aromatic heterocycles. The van der Waals surface area contributed by atoms with Crippen LogP contribution in [0.25, 0.3) is 22.2 Å². The van der Waals surface area contributed by atoms with Crippen molar-refractivity contribution in [1.29, 1.82) is 0 Å². The SMILES string of the molecule is Cc1ncoc1-c1ccc(NC(=O)[C@@H](C)n2cnc3cc(Cl)ccc3c2=O)cc1F. The Hall–Kier alpha value is -3.52. The van der Waals surface area contributed by atoms with E-state index < -0.39 is 17.8 Å². The Morgan fingerprint density at radius 2 is 2.03 bits per heavy atom. The predicted molar refractivity (Wildman–Crippen MR) is 111 cm³/mol. The third-order valence-electron chi connectivity index (χ3n) is 4.77. The van der Waals surface area contributed by atoms with Gasteiger partial charge in [0.05, 0.1) is 28.5 Å². The minimum absolute atomic E-state index is 0.240. The second-order valence-electron chi connectivity index (χ2n) is 6.75. The lowest BCUT2D eigenvalue weighted by atomic mass is 10.1. The maximum absolute atomic E-state index is 14.5. The highest BCUT2D eigenvalue weighted by Crippen LogP contribution is 2.27. The number of anilines is 1. The number of oxazole rings is 1. The molecule has 0 fully saturated rings. The Bertz CT molecular complexity index is 1330. The van der Waals surface area contributed by atoms with Crippen molar-refractivity contribution < 1.29 is 13.6 Å². The van der Waals surface area contributed by atoms with Crippen molar-refractivity contribution in [3.8, 4) is 11.3 Å². The van der Waals surface area contributed by atoms with E-state index in [2.05, 4.69) is 15.3 Å². The van der Waals surface area contributed by atoms with Crippen molar-refractivity contribution in [2.45, 2.75) is 19.9 Å². The van der Waals surface area contributed by atoms with Crippen molar-refractivity contribution in [2.75, 3.05) is 5.32 Å². The monoisotopic (exact) mass is 426 g/mol. The highest BCUT2D eigenvalue weighted by Gasteiger charge is 2.19. The number of amides is 1. The van der Waals surface area contributed by atoms with Crippen molar-refractivity contribution in [1.82, 2.24) is 14.5 Å². The molecule has 0 unspecified atom stereocenters. The third-order valence-corrected chi connectivity index (χ3v) is 5.00. The molecule has 0 aliphatic rings.